The summed E-state index contributed by atoms with van der Waals surface area (Å²) in [7, 11) is -3.39. The third-order valence-electron chi connectivity index (χ3n) is 3.72. The van der Waals surface area contributed by atoms with Crippen LogP contribution in [0.5, 0.6) is 0 Å². The third-order valence-corrected chi connectivity index (χ3v) is 5.91. The molecular weight excluding hydrogens is 305 g/mol. The van der Waals surface area contributed by atoms with Crippen molar-refractivity contribution in [3.8, 4) is 0 Å². The van der Waals surface area contributed by atoms with Crippen molar-refractivity contribution >= 4 is 9.84 Å². The lowest BCUT2D eigenvalue weighted by Crippen LogP contribution is -2.55. The molecule has 0 amide bonds. The van der Waals surface area contributed by atoms with Crippen molar-refractivity contribution in [2.45, 2.75) is 37.2 Å². The van der Waals surface area contributed by atoms with Gasteiger partial charge in [-0.05, 0) is 38.0 Å². The van der Waals surface area contributed by atoms with Gasteiger partial charge in [-0.2, -0.15) is 13.2 Å². The van der Waals surface area contributed by atoms with Crippen LogP contribution in [0.1, 0.15) is 25.0 Å². The van der Waals surface area contributed by atoms with E-state index in [0.29, 0.717) is 5.56 Å². The summed E-state index contributed by atoms with van der Waals surface area (Å²) in [6.07, 6.45) is -3.09. The number of halogens is 3. The molecule has 8 heteroatoms. The zero-order valence-electron chi connectivity index (χ0n) is 12.0. The SMILES string of the molecule is CC(C)(C(Cc1ccc(C(F)(F)F)cc1)NN)S(C)(=O)=O. The minimum Gasteiger partial charge on any atom is -0.271 e. The van der Waals surface area contributed by atoms with Crippen LogP contribution in [0.3, 0.4) is 0 Å². The minimum absolute atomic E-state index is 0.203. The molecule has 120 valence electrons. The number of hydrogen-bond acceptors (Lipinski definition) is 4. The molecule has 1 aromatic rings. The second-order valence-electron chi connectivity index (χ2n) is 5.49. The lowest BCUT2D eigenvalue weighted by atomic mass is 9.95. The third kappa shape index (κ3) is 4.18. The van der Waals surface area contributed by atoms with E-state index in [1.807, 2.05) is 0 Å². The van der Waals surface area contributed by atoms with Crippen molar-refractivity contribution in [2.75, 3.05) is 6.26 Å². The van der Waals surface area contributed by atoms with E-state index in [0.717, 1.165) is 18.4 Å². The first-order chi connectivity index (χ1) is 9.39. The molecule has 0 spiro atoms. The van der Waals surface area contributed by atoms with Crippen molar-refractivity contribution < 1.29 is 21.6 Å². The molecular formula is C13H19F3N2O2S. The Hall–Kier alpha value is -1.12. The van der Waals surface area contributed by atoms with E-state index >= 15 is 0 Å². The summed E-state index contributed by atoms with van der Waals surface area (Å²) in [4.78, 5) is 0. The molecule has 0 aliphatic rings. The number of hydrazine groups is 1. The van der Waals surface area contributed by atoms with Crippen LogP contribution in [0.2, 0.25) is 0 Å². The highest BCUT2D eigenvalue weighted by Gasteiger charge is 2.38. The number of benzene rings is 1. The Labute approximate surface area is 122 Å². The van der Waals surface area contributed by atoms with Crippen molar-refractivity contribution in [2.24, 2.45) is 5.84 Å². The zero-order chi connectivity index (χ0) is 16.5. The molecule has 0 heterocycles. The highest BCUT2D eigenvalue weighted by atomic mass is 32.2. The predicted octanol–water partition coefficient (Wildman–Crippen LogP) is 1.90. The maximum absolute atomic E-state index is 12.5. The van der Waals surface area contributed by atoms with Gasteiger partial charge in [-0.25, -0.2) is 8.42 Å². The molecule has 21 heavy (non-hydrogen) atoms. The van der Waals surface area contributed by atoms with Crippen LogP contribution in [-0.2, 0) is 22.4 Å². The van der Waals surface area contributed by atoms with Crippen molar-refractivity contribution in [3.05, 3.63) is 35.4 Å². The Morgan fingerprint density at radius 2 is 1.67 bits per heavy atom. The van der Waals surface area contributed by atoms with Gasteiger partial charge >= 0.3 is 6.18 Å². The molecule has 0 aliphatic carbocycles. The molecule has 0 saturated carbocycles. The zero-order valence-corrected chi connectivity index (χ0v) is 12.8. The van der Waals surface area contributed by atoms with E-state index in [-0.39, 0.29) is 6.42 Å². The highest BCUT2D eigenvalue weighted by molar-refractivity contribution is 7.92. The Kier molecular flexibility index (Phi) is 5.07. The molecule has 1 atom stereocenters. The van der Waals surface area contributed by atoms with Gasteiger partial charge in [0.25, 0.3) is 0 Å². The molecule has 1 aromatic carbocycles. The standard InChI is InChI=1S/C13H19F3N2O2S/c1-12(2,21(3,19)20)11(18-17)8-9-4-6-10(7-5-9)13(14,15)16/h4-7,11,18H,8,17H2,1-3H3. The summed E-state index contributed by atoms with van der Waals surface area (Å²) in [6.45, 7) is 3.05. The predicted molar refractivity (Wildman–Crippen MR) is 75.2 cm³/mol. The number of nitrogens with two attached hydrogens (primary N) is 1. The highest BCUT2D eigenvalue weighted by Crippen LogP contribution is 2.30. The molecule has 4 nitrogen and oxygen atoms in total. The quantitative estimate of drug-likeness (QED) is 0.641. The van der Waals surface area contributed by atoms with E-state index in [4.69, 9.17) is 5.84 Å². The topological polar surface area (TPSA) is 72.2 Å². The Morgan fingerprint density at radius 1 is 1.19 bits per heavy atom. The maximum atomic E-state index is 12.5. The number of alkyl halides is 3. The minimum atomic E-state index is -4.39. The summed E-state index contributed by atoms with van der Waals surface area (Å²) in [5.74, 6) is 5.41. The molecule has 0 aromatic heterocycles. The molecule has 0 bridgehead atoms. The molecule has 1 rings (SSSR count). The van der Waals surface area contributed by atoms with Gasteiger partial charge in [0.2, 0.25) is 0 Å². The van der Waals surface area contributed by atoms with Crippen LogP contribution >= 0.6 is 0 Å². The fourth-order valence-corrected chi connectivity index (χ4v) is 2.50. The number of hydrogen-bond donors (Lipinski definition) is 2. The van der Waals surface area contributed by atoms with Crippen LogP contribution in [0.15, 0.2) is 24.3 Å². The second-order valence-corrected chi connectivity index (χ2v) is 8.09. The van der Waals surface area contributed by atoms with Crippen LogP contribution in [0.25, 0.3) is 0 Å². The largest absolute Gasteiger partial charge is 0.416 e. The number of nitrogens with one attached hydrogen (secondary N) is 1. The van der Waals surface area contributed by atoms with Crippen molar-refractivity contribution in [1.29, 1.82) is 0 Å². The van der Waals surface area contributed by atoms with Crippen LogP contribution in [0, 0.1) is 0 Å². The molecule has 0 saturated heterocycles. The lowest BCUT2D eigenvalue weighted by molar-refractivity contribution is -0.137. The van der Waals surface area contributed by atoms with Gasteiger partial charge in [0.1, 0.15) is 0 Å². The van der Waals surface area contributed by atoms with Gasteiger partial charge in [-0.3, -0.25) is 11.3 Å². The molecule has 0 radical (unpaired) electrons. The molecule has 0 aliphatic heterocycles. The Balaban J connectivity index is 2.98. The van der Waals surface area contributed by atoms with E-state index < -0.39 is 32.4 Å². The van der Waals surface area contributed by atoms with Gasteiger partial charge < -0.3 is 0 Å². The van der Waals surface area contributed by atoms with E-state index in [1.165, 1.54) is 26.0 Å². The monoisotopic (exact) mass is 324 g/mol. The van der Waals surface area contributed by atoms with Crippen LogP contribution < -0.4 is 11.3 Å². The second kappa shape index (κ2) is 5.94. The summed E-state index contributed by atoms with van der Waals surface area (Å²) < 4.78 is 59.9. The fourth-order valence-electron chi connectivity index (χ4n) is 1.83. The van der Waals surface area contributed by atoms with Crippen molar-refractivity contribution in [1.82, 2.24) is 5.43 Å². The summed E-state index contributed by atoms with van der Waals surface area (Å²) in [5, 5.41) is 0. The van der Waals surface area contributed by atoms with Gasteiger partial charge in [0.05, 0.1) is 10.3 Å². The van der Waals surface area contributed by atoms with E-state index in [2.05, 4.69) is 5.43 Å². The van der Waals surface area contributed by atoms with Crippen LogP contribution in [0.4, 0.5) is 13.2 Å². The van der Waals surface area contributed by atoms with E-state index in [1.54, 1.807) is 0 Å². The van der Waals surface area contributed by atoms with Crippen LogP contribution in [-0.4, -0.2) is 25.5 Å². The molecule has 1 unspecified atom stereocenters. The molecule has 3 N–H and O–H groups in total. The van der Waals surface area contributed by atoms with Gasteiger partial charge in [-0.15, -0.1) is 0 Å². The van der Waals surface area contributed by atoms with Gasteiger partial charge in [0, 0.05) is 12.3 Å². The summed E-state index contributed by atoms with van der Waals surface area (Å²) >= 11 is 0. The Morgan fingerprint density at radius 3 is 2.00 bits per heavy atom. The van der Waals surface area contributed by atoms with Gasteiger partial charge in [-0.1, -0.05) is 12.1 Å². The normalized spacial score (nSPS) is 15.0. The smallest absolute Gasteiger partial charge is 0.271 e. The summed E-state index contributed by atoms with van der Waals surface area (Å²) in [5.41, 5.74) is 2.27. The first-order valence-corrected chi connectivity index (χ1v) is 8.10. The molecule has 0 fully saturated rings. The first-order valence-electron chi connectivity index (χ1n) is 6.21. The fraction of sp³-hybridized carbons (Fsp3) is 0.538. The number of sulfone groups is 1. The maximum Gasteiger partial charge on any atom is 0.416 e. The Bertz CT molecular complexity index is 580. The lowest BCUT2D eigenvalue weighted by Gasteiger charge is -2.32. The average Bonchev–Trinajstić information content (AvgIpc) is 2.33. The number of rotatable bonds is 5. The van der Waals surface area contributed by atoms with E-state index in [9.17, 15) is 21.6 Å². The van der Waals surface area contributed by atoms with Gasteiger partial charge in [0.15, 0.2) is 9.84 Å². The van der Waals surface area contributed by atoms with Crippen molar-refractivity contribution in [3.63, 3.8) is 0 Å². The first kappa shape index (κ1) is 17.9. The average molecular weight is 324 g/mol. The summed E-state index contributed by atoms with van der Waals surface area (Å²) in [6, 6.07) is 3.97.